The van der Waals surface area contributed by atoms with Gasteiger partial charge < -0.3 is 0 Å². The topological polar surface area (TPSA) is 17.1 Å². The molecule has 0 heterocycles. The van der Waals surface area contributed by atoms with E-state index >= 15 is 0 Å². The minimum Gasteiger partial charge on any atom is -0.300 e. The number of carbonyl (C=O) groups excluding carboxylic acids is 1. The lowest BCUT2D eigenvalue weighted by molar-refractivity contribution is -0.120. The van der Waals surface area contributed by atoms with E-state index in [1.165, 1.54) is 5.56 Å². The van der Waals surface area contributed by atoms with Crippen LogP contribution in [0.2, 0.25) is 5.02 Å². The predicted molar refractivity (Wildman–Crippen MR) is 57.7 cm³/mol. The molecule has 1 aliphatic carbocycles. The van der Waals surface area contributed by atoms with Gasteiger partial charge in [-0.05, 0) is 36.5 Å². The highest BCUT2D eigenvalue weighted by Crippen LogP contribution is 2.31. The first kappa shape index (κ1) is 9.72. The summed E-state index contributed by atoms with van der Waals surface area (Å²) in [5.74, 6) is 0.788. The highest BCUT2D eigenvalue weighted by atomic mass is 35.5. The molecule has 74 valence electrons. The lowest BCUT2D eigenvalue weighted by atomic mass is 9.83. The van der Waals surface area contributed by atoms with Crippen molar-refractivity contribution in [1.29, 1.82) is 0 Å². The van der Waals surface area contributed by atoms with Crippen molar-refractivity contribution >= 4 is 17.4 Å². The van der Waals surface area contributed by atoms with Crippen molar-refractivity contribution in [2.24, 2.45) is 0 Å². The molecule has 1 aromatic rings. The molecule has 1 fully saturated rings. The Morgan fingerprint density at radius 3 is 2.93 bits per heavy atom. The number of halogens is 1. The van der Waals surface area contributed by atoms with Crippen molar-refractivity contribution in [3.8, 4) is 0 Å². The van der Waals surface area contributed by atoms with Crippen LogP contribution < -0.4 is 0 Å². The van der Waals surface area contributed by atoms with Gasteiger partial charge in [-0.1, -0.05) is 23.7 Å². The Bertz CT molecular complexity index is 346. The van der Waals surface area contributed by atoms with Crippen molar-refractivity contribution in [3.05, 3.63) is 34.9 Å². The van der Waals surface area contributed by atoms with Gasteiger partial charge in [0.25, 0.3) is 0 Å². The minimum atomic E-state index is 0.390. The van der Waals surface area contributed by atoms with Crippen LogP contribution in [0.1, 0.15) is 37.2 Å². The average Bonchev–Trinajstić information content (AvgIpc) is 2.18. The Kier molecular flexibility index (Phi) is 2.87. The largest absolute Gasteiger partial charge is 0.300 e. The molecule has 0 spiro atoms. The summed E-state index contributed by atoms with van der Waals surface area (Å²) in [4.78, 5) is 11.3. The highest BCUT2D eigenvalue weighted by molar-refractivity contribution is 6.30. The zero-order chi connectivity index (χ0) is 9.97. The van der Waals surface area contributed by atoms with Crippen LogP contribution in [0.15, 0.2) is 24.3 Å². The van der Waals surface area contributed by atoms with Crippen molar-refractivity contribution in [3.63, 3.8) is 0 Å². The molecule has 0 radical (unpaired) electrons. The number of benzene rings is 1. The van der Waals surface area contributed by atoms with Crippen LogP contribution in [0.3, 0.4) is 0 Å². The van der Waals surface area contributed by atoms with Gasteiger partial charge in [0.15, 0.2) is 0 Å². The Morgan fingerprint density at radius 1 is 1.36 bits per heavy atom. The SMILES string of the molecule is O=C1CCCC(c2cccc(Cl)c2)C1. The lowest BCUT2D eigenvalue weighted by Gasteiger charge is -2.21. The molecule has 0 bridgehead atoms. The van der Waals surface area contributed by atoms with Crippen LogP contribution in [-0.2, 0) is 4.79 Å². The van der Waals surface area contributed by atoms with Crippen LogP contribution in [0, 0.1) is 0 Å². The van der Waals surface area contributed by atoms with E-state index in [1.807, 2.05) is 18.2 Å². The van der Waals surface area contributed by atoms with E-state index in [9.17, 15) is 4.79 Å². The number of rotatable bonds is 1. The Balaban J connectivity index is 2.17. The van der Waals surface area contributed by atoms with E-state index in [4.69, 9.17) is 11.6 Å². The van der Waals surface area contributed by atoms with Gasteiger partial charge in [-0.2, -0.15) is 0 Å². The number of ketones is 1. The number of hydrogen-bond donors (Lipinski definition) is 0. The lowest BCUT2D eigenvalue weighted by Crippen LogP contribution is -2.13. The fourth-order valence-electron chi connectivity index (χ4n) is 2.07. The maximum Gasteiger partial charge on any atom is 0.133 e. The van der Waals surface area contributed by atoms with Crippen molar-refractivity contribution < 1.29 is 4.79 Å². The number of carbonyl (C=O) groups is 1. The van der Waals surface area contributed by atoms with Gasteiger partial charge in [0, 0.05) is 17.9 Å². The molecule has 1 saturated carbocycles. The van der Waals surface area contributed by atoms with Gasteiger partial charge in [-0.15, -0.1) is 0 Å². The maximum atomic E-state index is 11.3. The fraction of sp³-hybridized carbons (Fsp3) is 0.417. The summed E-state index contributed by atoms with van der Waals surface area (Å²) in [7, 11) is 0. The van der Waals surface area contributed by atoms with E-state index in [2.05, 4.69) is 6.07 Å². The van der Waals surface area contributed by atoms with Crippen molar-refractivity contribution in [2.45, 2.75) is 31.6 Å². The second-order valence-electron chi connectivity index (χ2n) is 3.89. The van der Waals surface area contributed by atoms with E-state index in [0.717, 1.165) is 24.3 Å². The monoisotopic (exact) mass is 208 g/mol. The average molecular weight is 209 g/mol. The molecule has 0 aromatic heterocycles. The number of hydrogen-bond acceptors (Lipinski definition) is 1. The molecule has 0 saturated heterocycles. The summed E-state index contributed by atoms with van der Waals surface area (Å²) >= 11 is 5.92. The summed E-state index contributed by atoms with van der Waals surface area (Å²) in [6.07, 6.45) is 3.60. The third-order valence-electron chi connectivity index (χ3n) is 2.80. The van der Waals surface area contributed by atoms with Crippen molar-refractivity contribution in [1.82, 2.24) is 0 Å². The van der Waals surface area contributed by atoms with Crippen LogP contribution in [0.4, 0.5) is 0 Å². The zero-order valence-electron chi connectivity index (χ0n) is 8.00. The molecule has 2 heteroatoms. The van der Waals surface area contributed by atoms with Gasteiger partial charge in [0.05, 0.1) is 0 Å². The van der Waals surface area contributed by atoms with Crippen LogP contribution in [0.25, 0.3) is 0 Å². The van der Waals surface area contributed by atoms with Gasteiger partial charge >= 0.3 is 0 Å². The van der Waals surface area contributed by atoms with Crippen LogP contribution in [0.5, 0.6) is 0 Å². The Labute approximate surface area is 89.1 Å². The first-order valence-corrected chi connectivity index (χ1v) is 5.40. The van der Waals surface area contributed by atoms with Gasteiger partial charge in [0.2, 0.25) is 0 Å². The van der Waals surface area contributed by atoms with Gasteiger partial charge in [-0.3, -0.25) is 4.79 Å². The summed E-state index contributed by atoms with van der Waals surface area (Å²) in [6.45, 7) is 0. The molecule has 2 rings (SSSR count). The van der Waals surface area contributed by atoms with Crippen LogP contribution in [-0.4, -0.2) is 5.78 Å². The highest BCUT2D eigenvalue weighted by Gasteiger charge is 2.20. The molecular formula is C12H13ClO. The standard InChI is InChI=1S/C12H13ClO/c13-11-5-1-3-9(7-11)10-4-2-6-12(14)8-10/h1,3,5,7,10H,2,4,6,8H2. The smallest absolute Gasteiger partial charge is 0.133 e. The maximum absolute atomic E-state index is 11.3. The van der Waals surface area contributed by atoms with Gasteiger partial charge in [0.1, 0.15) is 5.78 Å². The third-order valence-corrected chi connectivity index (χ3v) is 3.04. The second-order valence-corrected chi connectivity index (χ2v) is 4.32. The van der Waals surface area contributed by atoms with E-state index in [-0.39, 0.29) is 0 Å². The Hall–Kier alpha value is -0.820. The minimum absolute atomic E-state index is 0.390. The van der Waals surface area contributed by atoms with E-state index < -0.39 is 0 Å². The molecule has 0 N–H and O–H groups in total. The second kappa shape index (κ2) is 4.14. The molecule has 1 aliphatic rings. The normalized spacial score (nSPS) is 22.4. The molecule has 0 aliphatic heterocycles. The third kappa shape index (κ3) is 2.16. The molecular weight excluding hydrogens is 196 g/mol. The van der Waals surface area contributed by atoms with E-state index in [0.29, 0.717) is 18.1 Å². The zero-order valence-corrected chi connectivity index (χ0v) is 8.76. The summed E-state index contributed by atoms with van der Waals surface area (Å²) in [6, 6.07) is 7.87. The predicted octanol–water partition coefficient (Wildman–Crippen LogP) is 3.57. The van der Waals surface area contributed by atoms with Crippen LogP contribution >= 0.6 is 11.6 Å². The fourth-order valence-corrected chi connectivity index (χ4v) is 2.27. The molecule has 1 atom stereocenters. The summed E-state index contributed by atoms with van der Waals surface area (Å²) in [5, 5.41) is 0.764. The summed E-state index contributed by atoms with van der Waals surface area (Å²) < 4.78 is 0. The first-order chi connectivity index (χ1) is 6.75. The Morgan fingerprint density at radius 2 is 2.21 bits per heavy atom. The number of Topliss-reactive ketones (excluding diaryl/α,β-unsaturated/α-hetero) is 1. The van der Waals surface area contributed by atoms with E-state index in [1.54, 1.807) is 0 Å². The summed E-state index contributed by atoms with van der Waals surface area (Å²) in [5.41, 5.74) is 1.21. The molecule has 1 aromatic carbocycles. The first-order valence-electron chi connectivity index (χ1n) is 5.03. The van der Waals surface area contributed by atoms with Crippen molar-refractivity contribution in [2.75, 3.05) is 0 Å². The molecule has 1 nitrogen and oxygen atoms in total. The molecule has 0 amide bonds. The molecule has 14 heavy (non-hydrogen) atoms. The van der Waals surface area contributed by atoms with Gasteiger partial charge in [-0.25, -0.2) is 0 Å². The molecule has 1 unspecified atom stereocenters. The quantitative estimate of drug-likeness (QED) is 0.690.